The van der Waals surface area contributed by atoms with E-state index in [1.165, 1.54) is 10.7 Å². The van der Waals surface area contributed by atoms with Gasteiger partial charge in [0.05, 0.1) is 0 Å². The first-order chi connectivity index (χ1) is 13.9. The van der Waals surface area contributed by atoms with Gasteiger partial charge in [-0.2, -0.15) is 0 Å². The fraction of sp³-hybridized carbons (Fsp3) is 0. The standard InChI is InChI=1S/3C6H5.C5H.2CO.Fe.Sn/c3*1-2-4-6-5-3-1;1-2-4-5-3-1;2*1-2;;/h3*1-5H;1H;;;;/q;;;-5;;;;. The first-order valence-electron chi connectivity index (χ1n) is 8.22. The van der Waals surface area contributed by atoms with Crippen molar-refractivity contribution < 1.29 is 26.4 Å². The monoisotopic (exact) mass is 524 g/mol. The summed E-state index contributed by atoms with van der Waals surface area (Å²) in [4.78, 5) is 0. The number of hydrogen-bond acceptors (Lipinski definition) is 0. The fourth-order valence-corrected chi connectivity index (χ4v) is 9.85. The van der Waals surface area contributed by atoms with Gasteiger partial charge in [0, 0.05) is 17.1 Å². The maximum atomic E-state index is 7.50. The Kier molecular flexibility index (Phi) is 16.5. The Morgan fingerprint density at radius 2 is 0.828 bits per heavy atom. The first kappa shape index (κ1) is 26.8. The summed E-state index contributed by atoms with van der Waals surface area (Å²) in [5.74, 6) is 0. The van der Waals surface area contributed by atoms with Gasteiger partial charge in [-0.05, 0) is 0 Å². The predicted molar refractivity (Wildman–Crippen MR) is 109 cm³/mol. The van der Waals surface area contributed by atoms with Crippen molar-refractivity contribution in [2.45, 2.75) is 0 Å². The Bertz CT molecular complexity index is 773. The molecule has 0 spiro atoms. The van der Waals surface area contributed by atoms with Crippen LogP contribution in [0, 0.1) is 37.6 Å². The van der Waals surface area contributed by atoms with E-state index in [1.807, 2.05) is 0 Å². The van der Waals surface area contributed by atoms with Crippen molar-refractivity contribution >= 4 is 30.5 Å². The summed E-state index contributed by atoms with van der Waals surface area (Å²) in [7, 11) is 0. The molecule has 0 heterocycles. The average molecular weight is 523 g/mol. The number of benzene rings is 3. The van der Waals surface area contributed by atoms with Crippen molar-refractivity contribution in [2.24, 2.45) is 0 Å². The van der Waals surface area contributed by atoms with Gasteiger partial charge in [0.25, 0.3) is 0 Å². The van der Waals surface area contributed by atoms with E-state index in [4.69, 9.17) is 9.30 Å². The van der Waals surface area contributed by atoms with E-state index in [9.17, 15) is 0 Å². The molecule has 0 saturated heterocycles. The van der Waals surface area contributed by atoms with E-state index in [0.29, 0.717) is 0 Å². The van der Waals surface area contributed by atoms with Crippen LogP contribution in [0.25, 0.3) is 0 Å². The Labute approximate surface area is 190 Å². The molecule has 0 amide bonds. The molecule has 0 aliphatic heterocycles. The van der Waals surface area contributed by atoms with Crippen LogP contribution in [-0.4, -0.2) is 19.8 Å². The second-order valence-electron chi connectivity index (χ2n) is 5.16. The second-order valence-corrected chi connectivity index (χ2v) is 12.2. The van der Waals surface area contributed by atoms with Crippen molar-refractivity contribution in [1.82, 2.24) is 0 Å². The molecule has 145 valence electrons. The summed E-state index contributed by atoms with van der Waals surface area (Å²) in [5, 5.41) is 0. The molecule has 2 nitrogen and oxygen atoms in total. The third-order valence-corrected chi connectivity index (χ3v) is 11.3. The summed E-state index contributed by atoms with van der Waals surface area (Å²) < 4.78 is 19.6. The first-order valence-corrected chi connectivity index (χ1v) is 12.5. The zero-order chi connectivity index (χ0) is 20.5. The zero-order valence-electron chi connectivity index (χ0n) is 15.4. The zero-order valence-corrected chi connectivity index (χ0v) is 19.4. The second kappa shape index (κ2) is 17.9. The van der Waals surface area contributed by atoms with Crippen molar-refractivity contribution in [3.05, 3.63) is 135 Å². The van der Waals surface area contributed by atoms with E-state index in [-0.39, 0.29) is 17.1 Å². The van der Waals surface area contributed by atoms with Crippen molar-refractivity contribution in [2.75, 3.05) is 0 Å². The van der Waals surface area contributed by atoms with Crippen LogP contribution in [0.2, 0.25) is 0 Å². The van der Waals surface area contributed by atoms with E-state index >= 15 is 0 Å². The Morgan fingerprint density at radius 3 is 1.03 bits per heavy atom. The van der Waals surface area contributed by atoms with Gasteiger partial charge in [0.15, 0.2) is 0 Å². The van der Waals surface area contributed by atoms with Crippen LogP contribution in [0.15, 0.2) is 97.1 Å². The molecule has 4 heteroatoms. The molecular weight excluding hydrogens is 507 g/mol. The van der Waals surface area contributed by atoms with Crippen LogP contribution in [0.3, 0.4) is 0 Å². The van der Waals surface area contributed by atoms with Crippen molar-refractivity contribution in [3.8, 4) is 0 Å². The van der Waals surface area contributed by atoms with E-state index in [0.717, 1.165) is 0 Å². The Balaban J connectivity index is 0.000000667. The molecule has 0 aliphatic rings. The van der Waals surface area contributed by atoms with Crippen LogP contribution >= 0.6 is 0 Å². The average Bonchev–Trinajstić information content (AvgIpc) is 3.39. The van der Waals surface area contributed by atoms with E-state index in [2.05, 4.69) is 129 Å². The molecule has 0 bridgehead atoms. The van der Waals surface area contributed by atoms with Crippen molar-refractivity contribution in [3.63, 3.8) is 0 Å². The van der Waals surface area contributed by atoms with Gasteiger partial charge >= 0.3 is 144 Å². The molecule has 1 radical (unpaired) electrons. The molecule has 0 aromatic heterocycles. The van der Waals surface area contributed by atoms with E-state index < -0.39 is 19.8 Å². The molecule has 4 aromatic carbocycles. The van der Waals surface area contributed by atoms with Crippen LogP contribution < -0.4 is 10.7 Å². The molecular formula is C25H16FeO2Sn-5. The SMILES string of the molecule is [C-]#[O+].[C-]#[O+].[Fe].[c-]1[c-][c-][cH-][c-]1.c1cc[c]([Sn]([c]2ccccc2)[c]2ccccc2)cc1. The molecule has 0 saturated carbocycles. The summed E-state index contributed by atoms with van der Waals surface area (Å²) >= 11 is -1.98. The van der Waals surface area contributed by atoms with Crippen LogP contribution in [0.1, 0.15) is 0 Å². The van der Waals surface area contributed by atoms with Gasteiger partial charge in [-0.1, -0.05) is 0 Å². The van der Waals surface area contributed by atoms with Gasteiger partial charge in [-0.25, -0.2) is 0 Å². The number of rotatable bonds is 3. The van der Waals surface area contributed by atoms with Crippen LogP contribution in [-0.2, 0) is 26.4 Å². The van der Waals surface area contributed by atoms with Gasteiger partial charge < -0.3 is 30.3 Å². The molecule has 4 aromatic rings. The summed E-state index contributed by atoms with van der Waals surface area (Å²) in [6.07, 6.45) is 0. The van der Waals surface area contributed by atoms with Gasteiger partial charge in [-0.3, -0.25) is 0 Å². The predicted octanol–water partition coefficient (Wildman–Crippen LogP) is 2.73. The van der Waals surface area contributed by atoms with Crippen LogP contribution in [0.5, 0.6) is 0 Å². The van der Waals surface area contributed by atoms with Crippen molar-refractivity contribution in [1.29, 1.82) is 0 Å². The molecule has 4 rings (SSSR count). The van der Waals surface area contributed by atoms with Gasteiger partial charge in [-0.15, -0.1) is 0 Å². The third-order valence-electron chi connectivity index (χ3n) is 3.54. The maximum absolute atomic E-state index is 7.50. The minimum atomic E-state index is -1.98. The number of hydrogen-bond donors (Lipinski definition) is 0. The molecule has 0 atom stereocenters. The quantitative estimate of drug-likeness (QED) is 0.226. The molecule has 0 fully saturated rings. The topological polar surface area (TPSA) is 39.8 Å². The van der Waals surface area contributed by atoms with E-state index in [1.54, 1.807) is 6.07 Å². The fourth-order valence-electron chi connectivity index (χ4n) is 2.49. The van der Waals surface area contributed by atoms with Crippen LogP contribution in [0.4, 0.5) is 0 Å². The molecule has 0 aliphatic carbocycles. The molecule has 29 heavy (non-hydrogen) atoms. The minimum absolute atomic E-state index is 0. The van der Waals surface area contributed by atoms with Gasteiger partial charge in [0.1, 0.15) is 0 Å². The summed E-state index contributed by atoms with van der Waals surface area (Å²) in [5.41, 5.74) is 0. The Hall–Kier alpha value is -2.19. The molecule has 0 N–H and O–H groups in total. The van der Waals surface area contributed by atoms with Gasteiger partial charge in [0.2, 0.25) is 0 Å². The Morgan fingerprint density at radius 1 is 0.552 bits per heavy atom. The normalized spacial score (nSPS) is 8.45. The summed E-state index contributed by atoms with van der Waals surface area (Å²) in [6.45, 7) is 9.00. The summed E-state index contributed by atoms with van der Waals surface area (Å²) in [6, 6.07) is 44.9. The molecule has 0 unspecified atom stereocenters. The third kappa shape index (κ3) is 9.71.